The average Bonchev–Trinajstić information content (AvgIpc) is 3.40. The van der Waals surface area contributed by atoms with Crippen molar-refractivity contribution in [2.24, 2.45) is 11.8 Å². The van der Waals surface area contributed by atoms with Crippen molar-refractivity contribution in [1.29, 1.82) is 0 Å². The Kier molecular flexibility index (Phi) is 5.06. The van der Waals surface area contributed by atoms with Crippen molar-refractivity contribution in [3.8, 4) is 0 Å². The molecule has 1 aromatic rings. The molecule has 0 bridgehead atoms. The van der Waals surface area contributed by atoms with Gasteiger partial charge in [0.2, 0.25) is 11.8 Å². The van der Waals surface area contributed by atoms with E-state index in [4.69, 9.17) is 24.4 Å². The van der Waals surface area contributed by atoms with Crippen LogP contribution in [0.5, 0.6) is 0 Å². The second-order valence-electron chi connectivity index (χ2n) is 6.01. The number of amides is 2. The van der Waals surface area contributed by atoms with E-state index in [-0.39, 0.29) is 23.7 Å². The molecule has 0 saturated heterocycles. The molecule has 2 aliphatic rings. The number of carbonyl (C=O) groups excluding carboxylic acids is 2. The fourth-order valence-corrected chi connectivity index (χ4v) is 2.52. The normalized spacial score (nSPS) is 16.0. The highest BCUT2D eigenvalue weighted by molar-refractivity contribution is 7.80. The Morgan fingerprint density at radius 3 is 1.38 bits per heavy atom. The van der Waals surface area contributed by atoms with E-state index in [9.17, 15) is 9.59 Å². The molecule has 126 valence electrons. The summed E-state index contributed by atoms with van der Waals surface area (Å²) in [6, 6.07) is 7.24. The number of thiocarbonyl (C=S) groups is 2. The summed E-state index contributed by atoms with van der Waals surface area (Å²) < 4.78 is 0. The maximum Gasteiger partial charge on any atom is 0.229 e. The fourth-order valence-electron chi connectivity index (χ4n) is 2.08. The largest absolute Gasteiger partial charge is 0.332 e. The second kappa shape index (κ2) is 7.23. The quantitative estimate of drug-likeness (QED) is 0.615. The number of hydrogen-bond acceptors (Lipinski definition) is 4. The standard InChI is InChI=1S/C16H18N4O2S2/c21-13(9-1-2-9)19-15(23)17-11-5-7-12(8-6-11)18-16(24)20-14(22)10-3-4-10/h5-10H,1-4H2,(H2,17,19,21,23)(H2,18,20,22,24). The third-order valence-electron chi connectivity index (χ3n) is 3.77. The van der Waals surface area contributed by atoms with Gasteiger partial charge in [0.1, 0.15) is 0 Å². The predicted molar refractivity (Wildman–Crippen MR) is 101 cm³/mol. The van der Waals surface area contributed by atoms with Crippen LogP contribution >= 0.6 is 24.4 Å². The van der Waals surface area contributed by atoms with Crippen molar-refractivity contribution in [2.45, 2.75) is 25.7 Å². The van der Waals surface area contributed by atoms with Crippen molar-refractivity contribution >= 4 is 57.8 Å². The van der Waals surface area contributed by atoms with Gasteiger partial charge in [0.05, 0.1) is 0 Å². The summed E-state index contributed by atoms with van der Waals surface area (Å²) in [4.78, 5) is 23.2. The fraction of sp³-hybridized carbons (Fsp3) is 0.375. The molecule has 24 heavy (non-hydrogen) atoms. The van der Waals surface area contributed by atoms with Crippen LogP contribution in [-0.2, 0) is 9.59 Å². The second-order valence-corrected chi connectivity index (χ2v) is 6.83. The minimum Gasteiger partial charge on any atom is -0.332 e. The van der Waals surface area contributed by atoms with Gasteiger partial charge in [0.15, 0.2) is 10.2 Å². The first-order chi connectivity index (χ1) is 11.5. The summed E-state index contributed by atoms with van der Waals surface area (Å²) >= 11 is 10.2. The zero-order chi connectivity index (χ0) is 17.1. The minimum atomic E-state index is -0.0254. The van der Waals surface area contributed by atoms with E-state index < -0.39 is 0 Å². The molecule has 0 atom stereocenters. The van der Waals surface area contributed by atoms with Gasteiger partial charge in [-0.3, -0.25) is 9.59 Å². The van der Waals surface area contributed by atoms with Gasteiger partial charge in [0.25, 0.3) is 0 Å². The Labute approximate surface area is 150 Å². The molecule has 0 heterocycles. The van der Waals surface area contributed by atoms with Gasteiger partial charge in [-0.2, -0.15) is 0 Å². The van der Waals surface area contributed by atoms with Gasteiger partial charge in [-0.05, 0) is 74.4 Å². The molecule has 2 fully saturated rings. The molecule has 1 aromatic carbocycles. The van der Waals surface area contributed by atoms with E-state index in [0.717, 1.165) is 37.1 Å². The van der Waals surface area contributed by atoms with Crippen LogP contribution in [0.2, 0.25) is 0 Å². The Morgan fingerprint density at radius 1 is 0.750 bits per heavy atom. The van der Waals surface area contributed by atoms with E-state index in [1.165, 1.54) is 0 Å². The van der Waals surface area contributed by atoms with E-state index >= 15 is 0 Å². The lowest BCUT2D eigenvalue weighted by Gasteiger charge is -2.11. The molecular weight excluding hydrogens is 344 g/mol. The number of anilines is 2. The summed E-state index contributed by atoms with van der Waals surface area (Å²) in [6.45, 7) is 0. The number of rotatable bonds is 4. The van der Waals surface area contributed by atoms with E-state index in [1.54, 1.807) is 0 Å². The molecule has 4 N–H and O–H groups in total. The van der Waals surface area contributed by atoms with Crippen LogP contribution in [0.3, 0.4) is 0 Å². The van der Waals surface area contributed by atoms with Crippen molar-refractivity contribution in [1.82, 2.24) is 10.6 Å². The van der Waals surface area contributed by atoms with Crippen LogP contribution < -0.4 is 21.3 Å². The summed E-state index contributed by atoms with van der Waals surface area (Å²) in [7, 11) is 0. The topological polar surface area (TPSA) is 82.3 Å². The zero-order valence-corrected chi connectivity index (χ0v) is 14.6. The monoisotopic (exact) mass is 362 g/mol. The molecule has 0 unspecified atom stereocenters. The Hall–Kier alpha value is -2.06. The molecule has 0 aliphatic heterocycles. The molecule has 2 amide bonds. The number of carbonyl (C=O) groups is 2. The molecule has 8 heteroatoms. The SMILES string of the molecule is O=C(NC(=S)Nc1ccc(NC(=S)NC(=O)C2CC2)cc1)C1CC1. The van der Waals surface area contributed by atoms with Crippen molar-refractivity contribution < 1.29 is 9.59 Å². The summed E-state index contributed by atoms with van der Waals surface area (Å²) in [6.07, 6.45) is 3.75. The third kappa shape index (κ3) is 4.97. The van der Waals surface area contributed by atoms with Crippen molar-refractivity contribution in [3.05, 3.63) is 24.3 Å². The van der Waals surface area contributed by atoms with Crippen molar-refractivity contribution in [3.63, 3.8) is 0 Å². The molecule has 2 aliphatic carbocycles. The van der Waals surface area contributed by atoms with Crippen LogP contribution in [0, 0.1) is 11.8 Å². The molecule has 2 saturated carbocycles. The minimum absolute atomic E-state index is 0.0254. The average molecular weight is 362 g/mol. The molecule has 6 nitrogen and oxygen atoms in total. The highest BCUT2D eigenvalue weighted by atomic mass is 32.1. The van der Waals surface area contributed by atoms with Gasteiger partial charge < -0.3 is 21.3 Å². The molecular formula is C16H18N4O2S2. The first-order valence-corrected chi connectivity index (χ1v) is 8.66. The number of benzene rings is 1. The molecule has 0 spiro atoms. The van der Waals surface area contributed by atoms with Gasteiger partial charge >= 0.3 is 0 Å². The Morgan fingerprint density at radius 2 is 1.08 bits per heavy atom. The zero-order valence-electron chi connectivity index (χ0n) is 12.9. The third-order valence-corrected chi connectivity index (χ3v) is 4.18. The van der Waals surface area contributed by atoms with Crippen LogP contribution in [0.25, 0.3) is 0 Å². The summed E-state index contributed by atoms with van der Waals surface area (Å²) in [5.41, 5.74) is 1.52. The van der Waals surface area contributed by atoms with Crippen LogP contribution in [0.15, 0.2) is 24.3 Å². The summed E-state index contributed by atoms with van der Waals surface area (Å²) in [5.74, 6) is 0.177. The lowest BCUT2D eigenvalue weighted by atomic mass is 10.3. The van der Waals surface area contributed by atoms with Gasteiger partial charge in [-0.25, -0.2) is 0 Å². The molecule has 0 radical (unpaired) electrons. The van der Waals surface area contributed by atoms with E-state index in [1.807, 2.05) is 24.3 Å². The number of hydrogen-bond donors (Lipinski definition) is 4. The predicted octanol–water partition coefficient (Wildman–Crippen LogP) is 2.13. The van der Waals surface area contributed by atoms with E-state index in [0.29, 0.717) is 10.2 Å². The first-order valence-electron chi connectivity index (χ1n) is 7.85. The lowest BCUT2D eigenvalue weighted by Crippen LogP contribution is -2.35. The molecule has 0 aromatic heterocycles. The smallest absolute Gasteiger partial charge is 0.229 e. The van der Waals surface area contributed by atoms with E-state index in [2.05, 4.69) is 21.3 Å². The van der Waals surface area contributed by atoms with Crippen molar-refractivity contribution in [2.75, 3.05) is 10.6 Å². The lowest BCUT2D eigenvalue weighted by molar-refractivity contribution is -0.121. The molecule has 3 rings (SSSR count). The number of nitrogens with one attached hydrogen (secondary N) is 4. The van der Waals surface area contributed by atoms with Gasteiger partial charge in [0, 0.05) is 23.2 Å². The van der Waals surface area contributed by atoms with Crippen LogP contribution in [-0.4, -0.2) is 22.0 Å². The summed E-state index contributed by atoms with van der Waals surface area (Å²) in [5, 5.41) is 11.8. The Bertz CT molecular complexity index is 623. The highest BCUT2D eigenvalue weighted by Crippen LogP contribution is 2.29. The maximum absolute atomic E-state index is 11.6. The maximum atomic E-state index is 11.6. The highest BCUT2D eigenvalue weighted by Gasteiger charge is 2.30. The first kappa shape index (κ1) is 16.8. The van der Waals surface area contributed by atoms with Gasteiger partial charge in [-0.15, -0.1) is 0 Å². The van der Waals surface area contributed by atoms with Gasteiger partial charge in [-0.1, -0.05) is 0 Å². The van der Waals surface area contributed by atoms with Crippen LogP contribution in [0.1, 0.15) is 25.7 Å². The Balaban J connectivity index is 1.45. The van der Waals surface area contributed by atoms with Crippen LogP contribution in [0.4, 0.5) is 11.4 Å².